The lowest BCUT2D eigenvalue weighted by molar-refractivity contribution is -0.123. The third kappa shape index (κ3) is 5.61. The van der Waals surface area contributed by atoms with Crippen LogP contribution in [0.4, 0.5) is 0 Å². The van der Waals surface area contributed by atoms with Crippen molar-refractivity contribution in [3.05, 3.63) is 28.2 Å². The Balaban J connectivity index is 2.61. The van der Waals surface area contributed by atoms with Crippen LogP contribution in [0.15, 0.2) is 22.7 Å². The number of benzene rings is 1. The summed E-state index contributed by atoms with van der Waals surface area (Å²) in [5, 5.41) is 12.4. The van der Waals surface area contributed by atoms with Gasteiger partial charge in [-0.2, -0.15) is 0 Å². The highest BCUT2D eigenvalue weighted by Gasteiger charge is 2.11. The summed E-state index contributed by atoms with van der Waals surface area (Å²) in [6, 6.07) is 5.35. The summed E-state index contributed by atoms with van der Waals surface area (Å²) in [5.41, 5.74) is 0.667. The van der Waals surface area contributed by atoms with Gasteiger partial charge < -0.3 is 15.2 Å². The molecule has 0 bridgehead atoms. The molecule has 1 rings (SSSR count). The maximum Gasteiger partial charge on any atom is 0.257 e. The van der Waals surface area contributed by atoms with Gasteiger partial charge in [-0.05, 0) is 25.0 Å². The van der Waals surface area contributed by atoms with Gasteiger partial charge in [0, 0.05) is 16.6 Å². The Morgan fingerprint density at radius 1 is 1.42 bits per heavy atom. The Bertz CT molecular complexity index is 433. The molecular weight excluding hydrogens is 310 g/mol. The Morgan fingerprint density at radius 2 is 2.11 bits per heavy atom. The van der Waals surface area contributed by atoms with Gasteiger partial charge in [0.15, 0.2) is 6.61 Å². The van der Waals surface area contributed by atoms with Gasteiger partial charge in [0.25, 0.3) is 5.91 Å². The van der Waals surface area contributed by atoms with Gasteiger partial charge >= 0.3 is 0 Å². The topological polar surface area (TPSA) is 58.6 Å². The molecular formula is C14H20BrNO3. The highest BCUT2D eigenvalue weighted by Crippen LogP contribution is 2.28. The van der Waals surface area contributed by atoms with Gasteiger partial charge in [0.05, 0.1) is 6.10 Å². The molecule has 0 aliphatic heterocycles. The molecule has 4 nitrogen and oxygen atoms in total. The number of aliphatic hydroxyl groups is 1. The lowest BCUT2D eigenvalue weighted by Gasteiger charge is -2.14. The first-order valence-corrected chi connectivity index (χ1v) is 7.06. The zero-order chi connectivity index (χ0) is 14.4. The average molecular weight is 330 g/mol. The predicted octanol–water partition coefficient (Wildman–Crippen LogP) is 2.65. The molecule has 19 heavy (non-hydrogen) atoms. The number of aliphatic hydroxyl groups excluding tert-OH is 1. The van der Waals surface area contributed by atoms with Crippen molar-refractivity contribution in [2.24, 2.45) is 5.92 Å². The van der Waals surface area contributed by atoms with Crippen LogP contribution in [0.2, 0.25) is 0 Å². The van der Waals surface area contributed by atoms with E-state index >= 15 is 0 Å². The first-order valence-electron chi connectivity index (χ1n) is 6.27. The van der Waals surface area contributed by atoms with E-state index in [9.17, 15) is 9.90 Å². The lowest BCUT2D eigenvalue weighted by atomic mass is 10.1. The molecule has 1 aromatic carbocycles. The number of hydrogen-bond acceptors (Lipinski definition) is 3. The van der Waals surface area contributed by atoms with Crippen molar-refractivity contribution >= 4 is 21.8 Å². The molecule has 0 spiro atoms. The summed E-state index contributed by atoms with van der Waals surface area (Å²) in [5.74, 6) is 0.761. The number of carbonyl (C=O) groups is 1. The number of rotatable bonds is 6. The number of halogens is 1. The quantitative estimate of drug-likeness (QED) is 0.843. The number of carbonyl (C=O) groups excluding carboxylic acids is 1. The minimum absolute atomic E-state index is 0.0527. The minimum atomic E-state index is -0.637. The first-order chi connectivity index (χ1) is 8.90. The van der Waals surface area contributed by atoms with Crippen molar-refractivity contribution in [1.82, 2.24) is 5.32 Å². The van der Waals surface area contributed by atoms with Gasteiger partial charge in [0.2, 0.25) is 0 Å². The maximum atomic E-state index is 11.6. The van der Waals surface area contributed by atoms with Crippen LogP contribution >= 0.6 is 15.9 Å². The number of nitrogens with one attached hydrogen (secondary N) is 1. The molecule has 1 atom stereocenters. The summed E-state index contributed by atoms with van der Waals surface area (Å²) in [4.78, 5) is 11.6. The van der Waals surface area contributed by atoms with Crippen LogP contribution in [-0.2, 0) is 4.79 Å². The Labute approximate surface area is 122 Å². The molecule has 1 amide bonds. The van der Waals surface area contributed by atoms with Crippen molar-refractivity contribution in [2.75, 3.05) is 13.2 Å². The van der Waals surface area contributed by atoms with Crippen LogP contribution in [0.3, 0.4) is 0 Å². The smallest absolute Gasteiger partial charge is 0.257 e. The number of hydrogen-bond donors (Lipinski definition) is 2. The summed E-state index contributed by atoms with van der Waals surface area (Å²) in [6.07, 6.45) is -0.637. The standard InChI is InChI=1S/C14H20BrNO3/c1-9(2)7-16-14(18)8-19-13-6-11(15)4-5-12(13)10(3)17/h4-6,9-10,17H,7-8H2,1-3H3,(H,16,18)/t10-/m0/s1. The lowest BCUT2D eigenvalue weighted by Crippen LogP contribution is -2.31. The van der Waals surface area contributed by atoms with E-state index in [2.05, 4.69) is 21.2 Å². The average Bonchev–Trinajstić information content (AvgIpc) is 2.33. The summed E-state index contributed by atoms with van der Waals surface area (Å²) in [6.45, 7) is 6.30. The van der Waals surface area contributed by atoms with Crippen molar-refractivity contribution in [1.29, 1.82) is 0 Å². The van der Waals surface area contributed by atoms with Crippen molar-refractivity contribution in [2.45, 2.75) is 26.9 Å². The molecule has 0 saturated carbocycles. The largest absolute Gasteiger partial charge is 0.483 e. The molecule has 106 valence electrons. The molecule has 0 saturated heterocycles. The van der Waals surface area contributed by atoms with Crippen LogP contribution in [-0.4, -0.2) is 24.2 Å². The van der Waals surface area contributed by atoms with Crippen LogP contribution in [0.5, 0.6) is 5.75 Å². The fourth-order valence-corrected chi connectivity index (χ4v) is 1.83. The maximum absolute atomic E-state index is 11.6. The first kappa shape index (κ1) is 16.0. The molecule has 5 heteroatoms. The molecule has 0 radical (unpaired) electrons. The highest BCUT2D eigenvalue weighted by atomic mass is 79.9. The van der Waals surface area contributed by atoms with E-state index in [1.54, 1.807) is 19.1 Å². The molecule has 0 aliphatic rings. The van der Waals surface area contributed by atoms with Gasteiger partial charge in [0.1, 0.15) is 5.75 Å². The van der Waals surface area contributed by atoms with E-state index in [1.807, 2.05) is 19.9 Å². The summed E-state index contributed by atoms with van der Waals surface area (Å²) in [7, 11) is 0. The molecule has 1 aromatic rings. The van der Waals surface area contributed by atoms with E-state index < -0.39 is 6.10 Å². The van der Waals surface area contributed by atoms with E-state index in [4.69, 9.17) is 4.74 Å². The van der Waals surface area contributed by atoms with E-state index in [-0.39, 0.29) is 12.5 Å². The monoisotopic (exact) mass is 329 g/mol. The second-order valence-electron chi connectivity index (χ2n) is 4.84. The van der Waals surface area contributed by atoms with Crippen molar-refractivity contribution in [3.63, 3.8) is 0 Å². The second kappa shape index (κ2) is 7.50. The van der Waals surface area contributed by atoms with Crippen LogP contribution < -0.4 is 10.1 Å². The molecule has 0 fully saturated rings. The minimum Gasteiger partial charge on any atom is -0.483 e. The molecule has 0 aliphatic carbocycles. The van der Waals surface area contributed by atoms with E-state index in [0.29, 0.717) is 23.8 Å². The third-order valence-electron chi connectivity index (χ3n) is 2.49. The van der Waals surface area contributed by atoms with Gasteiger partial charge in [-0.1, -0.05) is 35.8 Å². The zero-order valence-corrected chi connectivity index (χ0v) is 13.0. The van der Waals surface area contributed by atoms with Crippen molar-refractivity contribution < 1.29 is 14.6 Å². The normalized spacial score (nSPS) is 12.3. The molecule has 2 N–H and O–H groups in total. The van der Waals surface area contributed by atoms with E-state index in [0.717, 1.165) is 4.47 Å². The van der Waals surface area contributed by atoms with Crippen LogP contribution in [0.25, 0.3) is 0 Å². The van der Waals surface area contributed by atoms with Crippen LogP contribution in [0.1, 0.15) is 32.4 Å². The Kier molecular flexibility index (Phi) is 6.31. The Hall–Kier alpha value is -1.07. The van der Waals surface area contributed by atoms with Gasteiger partial charge in [-0.25, -0.2) is 0 Å². The molecule has 0 heterocycles. The summed E-state index contributed by atoms with van der Waals surface area (Å²) < 4.78 is 6.31. The fraction of sp³-hybridized carbons (Fsp3) is 0.500. The number of ether oxygens (including phenoxy) is 1. The molecule has 0 aromatic heterocycles. The van der Waals surface area contributed by atoms with Crippen molar-refractivity contribution in [3.8, 4) is 5.75 Å². The highest BCUT2D eigenvalue weighted by molar-refractivity contribution is 9.10. The third-order valence-corrected chi connectivity index (χ3v) is 2.99. The zero-order valence-electron chi connectivity index (χ0n) is 11.4. The number of amides is 1. The van der Waals surface area contributed by atoms with E-state index in [1.165, 1.54) is 0 Å². The predicted molar refractivity (Wildman–Crippen MR) is 78.1 cm³/mol. The van der Waals surface area contributed by atoms with Gasteiger partial charge in [-0.3, -0.25) is 4.79 Å². The van der Waals surface area contributed by atoms with Crippen LogP contribution in [0, 0.1) is 5.92 Å². The summed E-state index contributed by atoms with van der Waals surface area (Å²) >= 11 is 3.34. The second-order valence-corrected chi connectivity index (χ2v) is 5.76. The van der Waals surface area contributed by atoms with Gasteiger partial charge in [-0.15, -0.1) is 0 Å². The SMILES string of the molecule is CC(C)CNC(=O)COc1cc(Br)ccc1[C@H](C)O. The Morgan fingerprint density at radius 3 is 2.68 bits per heavy atom. The fourth-order valence-electron chi connectivity index (χ4n) is 1.49. The molecule has 0 unspecified atom stereocenters.